The third-order valence-electron chi connectivity index (χ3n) is 9.76. The largest absolute Gasteiger partial charge is 1.00 e. The second kappa shape index (κ2) is 14.4. The molecule has 0 spiro atoms. The summed E-state index contributed by atoms with van der Waals surface area (Å²) in [4.78, 5) is 0. The smallest absolute Gasteiger partial charge is 1.00 e. The molecule has 5 aromatic rings. The topological polar surface area (TPSA) is 0 Å². The molecule has 0 atom stereocenters. The standard InChI is InChI=1S/C21H25.C13H10.C11H9.2ClH.Zr/c1-20(2,3)16-9-7-14-11-15-8-10-17(21(4,5)6)13-19(15)18(14)12-16;1-3-7-12(8-4-1)11-13-9-5-2-6-10-13;1-2-6-10(7-3-1)11-8-4-5-9-11;;;/h7-13H,1-6H3;1-10H;1-3,6-9H,4H2;2*1H;/q;;;;;+2/p-2. The second-order valence-corrected chi connectivity index (χ2v) is 21.2. The molecule has 0 unspecified atom stereocenters. The van der Waals surface area contributed by atoms with Gasteiger partial charge in [-0.05, 0) is 0 Å². The number of hydrogen-bond donors (Lipinski definition) is 0. The Morgan fingerprint density at radius 1 is 0.562 bits per heavy atom. The van der Waals surface area contributed by atoms with E-state index in [2.05, 4.69) is 181 Å². The van der Waals surface area contributed by atoms with Gasteiger partial charge in [-0.15, -0.1) is 0 Å². The van der Waals surface area contributed by atoms with Crippen molar-refractivity contribution in [3.63, 3.8) is 0 Å². The molecule has 7 rings (SSSR count). The first kappa shape index (κ1) is 36.2. The fourth-order valence-electron chi connectivity index (χ4n) is 7.22. The van der Waals surface area contributed by atoms with Crippen LogP contribution in [0.2, 0.25) is 0 Å². The molecule has 0 bridgehead atoms. The molecule has 0 saturated carbocycles. The van der Waals surface area contributed by atoms with E-state index in [1.54, 1.807) is 6.49 Å². The molecule has 0 N–H and O–H groups in total. The van der Waals surface area contributed by atoms with E-state index in [0.29, 0.717) is 3.63 Å². The summed E-state index contributed by atoms with van der Waals surface area (Å²) < 4.78 is 3.66. The van der Waals surface area contributed by atoms with Gasteiger partial charge < -0.3 is 24.8 Å². The zero-order valence-corrected chi connectivity index (χ0v) is 32.8. The average molecular weight is 747 g/mol. The van der Waals surface area contributed by atoms with Gasteiger partial charge in [-0.2, -0.15) is 0 Å². The van der Waals surface area contributed by atoms with Crippen LogP contribution in [0.1, 0.15) is 90.5 Å². The van der Waals surface area contributed by atoms with Gasteiger partial charge in [0.05, 0.1) is 0 Å². The SMILES string of the molecule is CC(C)(C)c1ccc2c(c1)-c1cc(C(C)(C)C)ccc1[CH]2[Zr+2]([C]1=CC(c2ccccc2)=CC1)=[C](c1ccccc1)c1ccccc1.[Cl-].[Cl-]. The van der Waals surface area contributed by atoms with Crippen molar-refractivity contribution in [3.05, 3.63) is 182 Å². The van der Waals surface area contributed by atoms with Crippen LogP contribution in [-0.4, -0.2) is 3.21 Å². The van der Waals surface area contributed by atoms with E-state index in [1.165, 1.54) is 55.6 Å². The summed E-state index contributed by atoms with van der Waals surface area (Å²) in [7, 11) is 0. The van der Waals surface area contributed by atoms with Crippen LogP contribution >= 0.6 is 0 Å². The van der Waals surface area contributed by atoms with Gasteiger partial charge in [0.2, 0.25) is 0 Å². The first-order valence-electron chi connectivity index (χ1n) is 16.7. The van der Waals surface area contributed by atoms with E-state index in [0.717, 1.165) is 6.42 Å². The number of fused-ring (bicyclic) bond motifs is 3. The third kappa shape index (κ3) is 6.98. The normalized spacial score (nSPS) is 13.6. The van der Waals surface area contributed by atoms with Crippen molar-refractivity contribution in [2.24, 2.45) is 0 Å². The van der Waals surface area contributed by atoms with Crippen LogP contribution in [0.15, 0.2) is 143 Å². The Bertz CT molecular complexity index is 1900. The summed E-state index contributed by atoms with van der Waals surface area (Å²) in [5.41, 5.74) is 14.4. The van der Waals surface area contributed by atoms with Crippen molar-refractivity contribution >= 4 is 8.78 Å². The molecule has 5 aromatic carbocycles. The van der Waals surface area contributed by atoms with E-state index < -0.39 is 21.3 Å². The van der Waals surface area contributed by atoms with Gasteiger partial charge in [-0.1, -0.05) is 0 Å². The van der Waals surface area contributed by atoms with Crippen molar-refractivity contribution in [1.82, 2.24) is 0 Å². The number of hydrogen-bond acceptors (Lipinski definition) is 0. The Balaban J connectivity index is 0.00000225. The summed E-state index contributed by atoms with van der Waals surface area (Å²) in [5, 5.41) is 0. The number of allylic oxidation sites excluding steroid dienone is 4. The van der Waals surface area contributed by atoms with Crippen molar-refractivity contribution in [2.75, 3.05) is 0 Å². The van der Waals surface area contributed by atoms with E-state index in [4.69, 9.17) is 0 Å². The van der Waals surface area contributed by atoms with Crippen LogP contribution in [-0.2, 0) is 32.1 Å². The molecule has 0 amide bonds. The average Bonchev–Trinajstić information content (AvgIpc) is 3.67. The van der Waals surface area contributed by atoms with Gasteiger partial charge in [0.25, 0.3) is 0 Å². The first-order chi connectivity index (χ1) is 22.1. The Hall–Kier alpha value is -3.09. The number of benzene rings is 5. The van der Waals surface area contributed by atoms with Crippen LogP contribution in [0.25, 0.3) is 16.7 Å². The predicted octanol–water partition coefficient (Wildman–Crippen LogP) is 5.62. The molecular formula is C45H44Cl2Zr. The molecule has 0 nitrogen and oxygen atoms in total. The Labute approximate surface area is 308 Å². The van der Waals surface area contributed by atoms with Crippen LogP contribution in [0.5, 0.6) is 0 Å². The first-order valence-corrected chi connectivity index (χ1v) is 20.6. The quantitative estimate of drug-likeness (QED) is 0.219. The Kier molecular flexibility index (Phi) is 10.9. The molecule has 3 heteroatoms. The molecule has 48 heavy (non-hydrogen) atoms. The van der Waals surface area contributed by atoms with Gasteiger partial charge in [-0.3, -0.25) is 0 Å². The van der Waals surface area contributed by atoms with Gasteiger partial charge in [0.1, 0.15) is 0 Å². The minimum Gasteiger partial charge on any atom is -1.00 e. The van der Waals surface area contributed by atoms with Gasteiger partial charge in [-0.25, -0.2) is 0 Å². The molecule has 2 aliphatic carbocycles. The van der Waals surface area contributed by atoms with E-state index in [1.807, 2.05) is 0 Å². The summed E-state index contributed by atoms with van der Waals surface area (Å²) in [5.74, 6) is 0. The Morgan fingerprint density at radius 2 is 1.00 bits per heavy atom. The summed E-state index contributed by atoms with van der Waals surface area (Å²) in [6.45, 7) is 14.0. The summed E-state index contributed by atoms with van der Waals surface area (Å²) in [6.07, 6.45) is 6.10. The summed E-state index contributed by atoms with van der Waals surface area (Å²) >= 11 is -2.80. The fraction of sp³-hybridized carbons (Fsp3) is 0.222. The monoisotopic (exact) mass is 744 g/mol. The summed E-state index contributed by atoms with van der Waals surface area (Å²) in [6, 6.07) is 48.5. The molecular weight excluding hydrogens is 703 g/mol. The van der Waals surface area contributed by atoms with E-state index >= 15 is 0 Å². The fourth-order valence-corrected chi connectivity index (χ4v) is 16.3. The van der Waals surface area contributed by atoms with E-state index in [9.17, 15) is 0 Å². The molecule has 0 heterocycles. The predicted molar refractivity (Wildman–Crippen MR) is 194 cm³/mol. The third-order valence-corrected chi connectivity index (χ3v) is 18.0. The molecule has 0 radical (unpaired) electrons. The zero-order valence-electron chi connectivity index (χ0n) is 28.8. The van der Waals surface area contributed by atoms with Crippen molar-refractivity contribution < 1.29 is 46.1 Å². The minimum atomic E-state index is -2.80. The van der Waals surface area contributed by atoms with Gasteiger partial charge in [0.15, 0.2) is 0 Å². The number of rotatable bonds is 5. The maximum Gasteiger partial charge on any atom is -1.00 e. The van der Waals surface area contributed by atoms with Crippen molar-refractivity contribution in [3.8, 4) is 11.1 Å². The van der Waals surface area contributed by atoms with Crippen LogP contribution in [0.4, 0.5) is 0 Å². The Morgan fingerprint density at radius 3 is 1.44 bits per heavy atom. The van der Waals surface area contributed by atoms with Crippen LogP contribution in [0.3, 0.4) is 0 Å². The number of halogens is 2. The van der Waals surface area contributed by atoms with Crippen molar-refractivity contribution in [1.29, 1.82) is 0 Å². The van der Waals surface area contributed by atoms with Gasteiger partial charge >= 0.3 is 285 Å². The van der Waals surface area contributed by atoms with Crippen LogP contribution in [0, 0.1) is 0 Å². The zero-order chi connectivity index (χ0) is 32.1. The molecule has 0 saturated heterocycles. The van der Waals surface area contributed by atoms with Crippen molar-refractivity contribution in [2.45, 2.75) is 62.4 Å². The molecule has 242 valence electrons. The minimum absolute atomic E-state index is 0. The van der Waals surface area contributed by atoms with Crippen LogP contribution < -0.4 is 24.8 Å². The molecule has 0 fully saturated rings. The van der Waals surface area contributed by atoms with Gasteiger partial charge in [0, 0.05) is 0 Å². The second-order valence-electron chi connectivity index (χ2n) is 15.0. The molecule has 0 aromatic heterocycles. The maximum atomic E-state index is 2.58. The molecule has 0 aliphatic heterocycles. The van der Waals surface area contributed by atoms with E-state index in [-0.39, 0.29) is 35.6 Å². The maximum absolute atomic E-state index is 2.80. The molecule has 2 aliphatic rings.